The second kappa shape index (κ2) is 7.17. The summed E-state index contributed by atoms with van der Waals surface area (Å²) < 4.78 is 12.9. The van der Waals surface area contributed by atoms with Crippen LogP contribution in [0.1, 0.15) is 22.2 Å². The number of nitrogens with zero attached hydrogens (tertiary/aromatic N) is 1. The lowest BCUT2D eigenvalue weighted by Crippen LogP contribution is -2.45. The number of nitrogens with one attached hydrogen (secondary N) is 1. The SMILES string of the molecule is CC(NC(=O)c1cccs1)C(=O)N(C)Cc1ccc(F)cc1. The van der Waals surface area contributed by atoms with Crippen LogP contribution in [0.15, 0.2) is 41.8 Å². The normalized spacial score (nSPS) is 11.8. The van der Waals surface area contributed by atoms with Crippen molar-refractivity contribution in [2.24, 2.45) is 0 Å². The lowest BCUT2D eigenvalue weighted by molar-refractivity contribution is -0.132. The summed E-state index contributed by atoms with van der Waals surface area (Å²) >= 11 is 1.32. The molecule has 0 bridgehead atoms. The molecule has 1 N–H and O–H groups in total. The molecule has 0 saturated heterocycles. The average Bonchev–Trinajstić information content (AvgIpc) is 3.03. The fourth-order valence-corrected chi connectivity index (χ4v) is 2.64. The van der Waals surface area contributed by atoms with E-state index in [1.54, 1.807) is 38.2 Å². The minimum absolute atomic E-state index is 0.200. The Bertz CT molecular complexity index is 641. The number of amides is 2. The highest BCUT2D eigenvalue weighted by Crippen LogP contribution is 2.09. The van der Waals surface area contributed by atoms with Gasteiger partial charge in [-0.05, 0) is 36.1 Å². The number of carbonyl (C=O) groups excluding carboxylic acids is 2. The number of hydrogen-bond donors (Lipinski definition) is 1. The third-order valence-electron chi connectivity index (χ3n) is 3.17. The van der Waals surface area contributed by atoms with Gasteiger partial charge in [-0.25, -0.2) is 4.39 Å². The van der Waals surface area contributed by atoms with Gasteiger partial charge in [0.2, 0.25) is 5.91 Å². The molecule has 4 nitrogen and oxygen atoms in total. The van der Waals surface area contributed by atoms with Crippen LogP contribution in [-0.4, -0.2) is 29.8 Å². The lowest BCUT2D eigenvalue weighted by atomic mass is 10.2. The first-order valence-electron chi connectivity index (χ1n) is 6.81. The summed E-state index contributed by atoms with van der Waals surface area (Å²) in [6, 6.07) is 8.85. The molecular formula is C16H17FN2O2S. The molecule has 0 aliphatic heterocycles. The van der Waals surface area contributed by atoms with Gasteiger partial charge in [-0.3, -0.25) is 9.59 Å². The molecule has 0 aliphatic rings. The Morgan fingerprint density at radius 1 is 1.27 bits per heavy atom. The van der Waals surface area contributed by atoms with E-state index in [1.807, 2.05) is 5.38 Å². The maximum atomic E-state index is 12.9. The topological polar surface area (TPSA) is 49.4 Å². The van der Waals surface area contributed by atoms with Crippen molar-refractivity contribution in [1.82, 2.24) is 10.2 Å². The molecule has 1 atom stereocenters. The molecule has 0 saturated carbocycles. The zero-order chi connectivity index (χ0) is 16.1. The van der Waals surface area contributed by atoms with Crippen LogP contribution in [0.3, 0.4) is 0 Å². The summed E-state index contributed by atoms with van der Waals surface area (Å²) in [6.45, 7) is 2.01. The number of rotatable bonds is 5. The van der Waals surface area contributed by atoms with E-state index in [0.29, 0.717) is 11.4 Å². The zero-order valence-corrected chi connectivity index (χ0v) is 13.2. The molecule has 2 aromatic rings. The van der Waals surface area contributed by atoms with E-state index in [-0.39, 0.29) is 17.6 Å². The van der Waals surface area contributed by atoms with Crippen molar-refractivity contribution >= 4 is 23.2 Å². The van der Waals surface area contributed by atoms with E-state index in [2.05, 4.69) is 5.32 Å². The minimum atomic E-state index is -0.625. The molecule has 2 rings (SSSR count). The molecule has 116 valence electrons. The number of thiophene rings is 1. The Hall–Kier alpha value is -2.21. The first-order chi connectivity index (χ1) is 10.5. The van der Waals surface area contributed by atoms with Crippen molar-refractivity contribution in [3.8, 4) is 0 Å². The van der Waals surface area contributed by atoms with Gasteiger partial charge in [0.1, 0.15) is 11.9 Å². The van der Waals surface area contributed by atoms with Gasteiger partial charge in [-0.15, -0.1) is 11.3 Å². The van der Waals surface area contributed by atoms with Crippen LogP contribution in [0.4, 0.5) is 4.39 Å². The number of carbonyl (C=O) groups is 2. The third-order valence-corrected chi connectivity index (χ3v) is 4.04. The minimum Gasteiger partial charge on any atom is -0.340 e. The molecule has 1 heterocycles. The lowest BCUT2D eigenvalue weighted by Gasteiger charge is -2.22. The van der Waals surface area contributed by atoms with Crippen molar-refractivity contribution < 1.29 is 14.0 Å². The van der Waals surface area contributed by atoms with Crippen molar-refractivity contribution in [2.45, 2.75) is 19.5 Å². The van der Waals surface area contributed by atoms with Gasteiger partial charge in [0.05, 0.1) is 4.88 Å². The van der Waals surface area contributed by atoms with Gasteiger partial charge in [0, 0.05) is 13.6 Å². The van der Waals surface area contributed by atoms with Crippen LogP contribution in [0.5, 0.6) is 0 Å². The highest BCUT2D eigenvalue weighted by atomic mass is 32.1. The molecule has 1 unspecified atom stereocenters. The van der Waals surface area contributed by atoms with Gasteiger partial charge >= 0.3 is 0 Å². The predicted octanol–water partition coefficient (Wildman–Crippen LogP) is 2.66. The van der Waals surface area contributed by atoms with E-state index in [9.17, 15) is 14.0 Å². The monoisotopic (exact) mass is 320 g/mol. The van der Waals surface area contributed by atoms with E-state index in [4.69, 9.17) is 0 Å². The summed E-state index contributed by atoms with van der Waals surface area (Å²) in [5.41, 5.74) is 0.828. The smallest absolute Gasteiger partial charge is 0.261 e. The largest absolute Gasteiger partial charge is 0.340 e. The molecule has 0 aliphatic carbocycles. The van der Waals surface area contributed by atoms with Crippen molar-refractivity contribution in [3.63, 3.8) is 0 Å². The summed E-state index contributed by atoms with van der Waals surface area (Å²) in [7, 11) is 1.65. The van der Waals surface area contributed by atoms with Crippen molar-refractivity contribution in [2.75, 3.05) is 7.05 Å². The molecular weight excluding hydrogens is 303 g/mol. The molecule has 1 aromatic heterocycles. The zero-order valence-electron chi connectivity index (χ0n) is 12.4. The quantitative estimate of drug-likeness (QED) is 0.921. The summed E-state index contributed by atoms with van der Waals surface area (Å²) in [4.78, 5) is 26.3. The van der Waals surface area contributed by atoms with Gasteiger partial charge in [0.15, 0.2) is 0 Å². The highest BCUT2D eigenvalue weighted by Gasteiger charge is 2.20. The van der Waals surface area contributed by atoms with E-state index >= 15 is 0 Å². The van der Waals surface area contributed by atoms with E-state index < -0.39 is 6.04 Å². The Kier molecular flexibility index (Phi) is 5.27. The van der Waals surface area contributed by atoms with Crippen LogP contribution < -0.4 is 5.32 Å². The van der Waals surface area contributed by atoms with Crippen molar-refractivity contribution in [3.05, 3.63) is 58.0 Å². The van der Waals surface area contributed by atoms with Crippen LogP contribution in [-0.2, 0) is 11.3 Å². The molecule has 22 heavy (non-hydrogen) atoms. The molecule has 6 heteroatoms. The Morgan fingerprint density at radius 3 is 2.55 bits per heavy atom. The van der Waals surface area contributed by atoms with E-state index in [0.717, 1.165) is 5.56 Å². The second-order valence-electron chi connectivity index (χ2n) is 4.99. The van der Waals surface area contributed by atoms with E-state index in [1.165, 1.54) is 28.4 Å². The summed E-state index contributed by atoms with van der Waals surface area (Å²) in [5, 5.41) is 4.49. The number of halogens is 1. The van der Waals surface area contributed by atoms with Crippen LogP contribution in [0.25, 0.3) is 0 Å². The maximum absolute atomic E-state index is 12.9. The maximum Gasteiger partial charge on any atom is 0.261 e. The molecule has 2 amide bonds. The van der Waals surface area contributed by atoms with Crippen LogP contribution in [0, 0.1) is 5.82 Å². The number of likely N-dealkylation sites (N-methyl/N-ethyl adjacent to an activating group) is 1. The van der Waals surface area contributed by atoms with Gasteiger partial charge < -0.3 is 10.2 Å². The number of hydrogen-bond acceptors (Lipinski definition) is 3. The third kappa shape index (κ3) is 4.14. The Balaban J connectivity index is 1.92. The van der Waals surface area contributed by atoms with Crippen molar-refractivity contribution in [1.29, 1.82) is 0 Å². The standard InChI is InChI=1S/C16H17FN2O2S/c1-11(18-15(20)14-4-3-9-22-14)16(21)19(2)10-12-5-7-13(17)8-6-12/h3-9,11H,10H2,1-2H3,(H,18,20). The van der Waals surface area contributed by atoms with Gasteiger partial charge in [-0.1, -0.05) is 18.2 Å². The highest BCUT2D eigenvalue weighted by molar-refractivity contribution is 7.12. The van der Waals surface area contributed by atoms with Crippen LogP contribution >= 0.6 is 11.3 Å². The fraction of sp³-hybridized carbons (Fsp3) is 0.250. The van der Waals surface area contributed by atoms with Gasteiger partial charge in [-0.2, -0.15) is 0 Å². The average molecular weight is 320 g/mol. The molecule has 0 fully saturated rings. The molecule has 1 aromatic carbocycles. The fourth-order valence-electron chi connectivity index (χ4n) is 2.01. The molecule has 0 radical (unpaired) electrons. The Morgan fingerprint density at radius 2 is 1.95 bits per heavy atom. The first-order valence-corrected chi connectivity index (χ1v) is 7.69. The van der Waals surface area contributed by atoms with Gasteiger partial charge in [0.25, 0.3) is 5.91 Å². The predicted molar refractivity (Wildman–Crippen MR) is 84.1 cm³/mol. The number of benzene rings is 1. The Labute approximate surface area is 132 Å². The molecule has 0 spiro atoms. The second-order valence-corrected chi connectivity index (χ2v) is 5.94. The first kappa shape index (κ1) is 16.2. The summed E-state index contributed by atoms with van der Waals surface area (Å²) in [6.07, 6.45) is 0. The van der Waals surface area contributed by atoms with Crippen LogP contribution in [0.2, 0.25) is 0 Å². The summed E-state index contributed by atoms with van der Waals surface area (Å²) in [5.74, 6) is -0.769.